The number of carbonyl (C=O) groups is 1. The van der Waals surface area contributed by atoms with Crippen LogP contribution in [0.25, 0.3) is 0 Å². The standard InChI is InChI=1S/C17H27NO2S/c1-6-11-18-17(5,15(19)20)12-21-14-9-7-13(8-10-14)16(2,3)4/h7-10,18H,6,11-12H2,1-5H3,(H,19,20). The van der Waals surface area contributed by atoms with Crippen LogP contribution in [0, 0.1) is 0 Å². The molecule has 0 saturated heterocycles. The van der Waals surface area contributed by atoms with Crippen LogP contribution < -0.4 is 5.32 Å². The van der Waals surface area contributed by atoms with Crippen molar-refractivity contribution in [1.82, 2.24) is 5.32 Å². The van der Waals surface area contributed by atoms with E-state index >= 15 is 0 Å². The number of carboxylic acids is 1. The van der Waals surface area contributed by atoms with Gasteiger partial charge in [0.25, 0.3) is 0 Å². The van der Waals surface area contributed by atoms with Crippen LogP contribution in [-0.4, -0.2) is 28.9 Å². The highest BCUT2D eigenvalue weighted by atomic mass is 32.2. The van der Waals surface area contributed by atoms with Gasteiger partial charge in [-0.3, -0.25) is 4.79 Å². The van der Waals surface area contributed by atoms with Crippen molar-refractivity contribution in [3.8, 4) is 0 Å². The van der Waals surface area contributed by atoms with E-state index in [9.17, 15) is 9.90 Å². The van der Waals surface area contributed by atoms with Gasteiger partial charge in [-0.25, -0.2) is 0 Å². The van der Waals surface area contributed by atoms with E-state index in [1.807, 2.05) is 6.92 Å². The van der Waals surface area contributed by atoms with E-state index in [-0.39, 0.29) is 5.41 Å². The number of benzene rings is 1. The molecule has 3 nitrogen and oxygen atoms in total. The molecule has 0 aliphatic rings. The van der Waals surface area contributed by atoms with Crippen molar-refractivity contribution in [3.63, 3.8) is 0 Å². The first-order valence-corrected chi connectivity index (χ1v) is 8.39. The lowest BCUT2D eigenvalue weighted by Gasteiger charge is -2.26. The molecule has 0 aliphatic heterocycles. The maximum absolute atomic E-state index is 11.5. The minimum Gasteiger partial charge on any atom is -0.480 e. The molecule has 0 saturated carbocycles. The molecule has 1 aromatic carbocycles. The molecule has 0 bridgehead atoms. The third-order valence-electron chi connectivity index (χ3n) is 3.49. The Kier molecular flexibility index (Phi) is 6.29. The van der Waals surface area contributed by atoms with Gasteiger partial charge in [0.2, 0.25) is 0 Å². The average molecular weight is 309 g/mol. The number of carboxylic acid groups (broad SMARTS) is 1. The Morgan fingerprint density at radius 1 is 1.19 bits per heavy atom. The average Bonchev–Trinajstić information content (AvgIpc) is 2.42. The van der Waals surface area contributed by atoms with Gasteiger partial charge in [0.15, 0.2) is 0 Å². The van der Waals surface area contributed by atoms with Gasteiger partial charge in [-0.05, 0) is 43.0 Å². The molecule has 0 fully saturated rings. The Morgan fingerprint density at radius 2 is 1.76 bits per heavy atom. The Labute approximate surface area is 132 Å². The molecule has 1 unspecified atom stereocenters. The smallest absolute Gasteiger partial charge is 0.324 e. The molecule has 21 heavy (non-hydrogen) atoms. The summed E-state index contributed by atoms with van der Waals surface area (Å²) >= 11 is 1.58. The minimum atomic E-state index is -0.886. The Morgan fingerprint density at radius 3 is 2.19 bits per heavy atom. The summed E-state index contributed by atoms with van der Waals surface area (Å²) in [6.07, 6.45) is 0.924. The van der Waals surface area contributed by atoms with Crippen LogP contribution >= 0.6 is 11.8 Å². The van der Waals surface area contributed by atoms with Crippen LogP contribution in [0.15, 0.2) is 29.2 Å². The van der Waals surface area contributed by atoms with Crippen molar-refractivity contribution < 1.29 is 9.90 Å². The fraction of sp³-hybridized carbons (Fsp3) is 0.588. The highest BCUT2D eigenvalue weighted by Gasteiger charge is 2.32. The van der Waals surface area contributed by atoms with Gasteiger partial charge >= 0.3 is 5.97 Å². The lowest BCUT2D eigenvalue weighted by molar-refractivity contribution is -0.143. The lowest BCUT2D eigenvalue weighted by atomic mass is 9.87. The van der Waals surface area contributed by atoms with E-state index in [1.54, 1.807) is 18.7 Å². The van der Waals surface area contributed by atoms with Crippen molar-refractivity contribution in [1.29, 1.82) is 0 Å². The summed E-state index contributed by atoms with van der Waals surface area (Å²) in [5.74, 6) is -0.285. The van der Waals surface area contributed by atoms with Crippen LogP contribution in [-0.2, 0) is 10.2 Å². The van der Waals surface area contributed by atoms with E-state index in [0.717, 1.165) is 11.3 Å². The van der Waals surface area contributed by atoms with E-state index < -0.39 is 11.5 Å². The maximum atomic E-state index is 11.5. The van der Waals surface area contributed by atoms with Gasteiger partial charge in [0, 0.05) is 10.6 Å². The van der Waals surface area contributed by atoms with E-state index in [4.69, 9.17) is 0 Å². The van der Waals surface area contributed by atoms with Crippen molar-refractivity contribution in [2.45, 2.75) is 56.9 Å². The molecule has 1 atom stereocenters. The summed E-state index contributed by atoms with van der Waals surface area (Å²) in [6, 6.07) is 8.40. The van der Waals surface area contributed by atoms with Crippen molar-refractivity contribution in [3.05, 3.63) is 29.8 Å². The third-order valence-corrected chi connectivity index (χ3v) is 4.81. The SMILES string of the molecule is CCCNC(C)(CSc1ccc(C(C)(C)C)cc1)C(=O)O. The normalized spacial score (nSPS) is 14.7. The monoisotopic (exact) mass is 309 g/mol. The fourth-order valence-electron chi connectivity index (χ4n) is 1.87. The molecule has 4 heteroatoms. The Hall–Kier alpha value is -1.00. The summed E-state index contributed by atoms with van der Waals surface area (Å²) in [6.45, 7) is 11.1. The van der Waals surface area contributed by atoms with Crippen molar-refractivity contribution >= 4 is 17.7 Å². The van der Waals surface area contributed by atoms with Gasteiger partial charge in [-0.2, -0.15) is 0 Å². The molecule has 2 N–H and O–H groups in total. The molecule has 0 radical (unpaired) electrons. The minimum absolute atomic E-state index is 0.140. The van der Waals surface area contributed by atoms with Gasteiger partial charge < -0.3 is 10.4 Å². The van der Waals surface area contributed by atoms with E-state index in [2.05, 4.69) is 50.4 Å². The highest BCUT2D eigenvalue weighted by molar-refractivity contribution is 7.99. The molecule has 0 aromatic heterocycles. The zero-order chi connectivity index (χ0) is 16.1. The lowest BCUT2D eigenvalue weighted by Crippen LogP contribution is -2.51. The van der Waals surface area contributed by atoms with Gasteiger partial charge in [-0.15, -0.1) is 11.8 Å². The number of thioether (sulfide) groups is 1. The maximum Gasteiger partial charge on any atom is 0.324 e. The molecule has 118 valence electrons. The third kappa shape index (κ3) is 5.36. The van der Waals surface area contributed by atoms with Crippen LogP contribution in [0.2, 0.25) is 0 Å². The first-order valence-electron chi connectivity index (χ1n) is 7.41. The number of aliphatic carboxylic acids is 1. The van der Waals surface area contributed by atoms with Crippen LogP contribution in [0.4, 0.5) is 0 Å². The van der Waals surface area contributed by atoms with Gasteiger partial charge in [0.05, 0.1) is 0 Å². The molecule has 0 heterocycles. The van der Waals surface area contributed by atoms with Crippen LogP contribution in [0.1, 0.15) is 46.6 Å². The number of rotatable bonds is 7. The first-order chi connectivity index (χ1) is 9.69. The van der Waals surface area contributed by atoms with Crippen LogP contribution in [0.3, 0.4) is 0 Å². The molecule has 0 amide bonds. The summed E-state index contributed by atoms with van der Waals surface area (Å²) < 4.78 is 0. The zero-order valence-corrected chi connectivity index (χ0v) is 14.5. The highest BCUT2D eigenvalue weighted by Crippen LogP contribution is 2.27. The molecule has 0 spiro atoms. The zero-order valence-electron chi connectivity index (χ0n) is 13.7. The summed E-state index contributed by atoms with van der Waals surface area (Å²) in [7, 11) is 0. The summed E-state index contributed by atoms with van der Waals surface area (Å²) in [5.41, 5.74) is 0.544. The Balaban J connectivity index is 2.70. The topological polar surface area (TPSA) is 49.3 Å². The van der Waals surface area contributed by atoms with Gasteiger partial charge in [0.1, 0.15) is 5.54 Å². The summed E-state index contributed by atoms with van der Waals surface area (Å²) in [5, 5.41) is 12.5. The fourth-order valence-corrected chi connectivity index (χ4v) is 2.88. The number of hydrogen-bond donors (Lipinski definition) is 2. The quantitative estimate of drug-likeness (QED) is 0.750. The van der Waals surface area contributed by atoms with Crippen molar-refractivity contribution in [2.75, 3.05) is 12.3 Å². The predicted octanol–water partition coefficient (Wildman–Crippen LogP) is 3.92. The first kappa shape index (κ1) is 18.1. The van der Waals surface area contributed by atoms with Crippen molar-refractivity contribution in [2.24, 2.45) is 0 Å². The molecule has 1 rings (SSSR count). The van der Waals surface area contributed by atoms with E-state index in [1.165, 1.54) is 5.56 Å². The molecule has 1 aromatic rings. The summed E-state index contributed by atoms with van der Waals surface area (Å²) in [4.78, 5) is 12.6. The van der Waals surface area contributed by atoms with Gasteiger partial charge in [-0.1, -0.05) is 39.8 Å². The second-order valence-electron chi connectivity index (χ2n) is 6.63. The second kappa shape index (κ2) is 7.32. The van der Waals surface area contributed by atoms with E-state index in [0.29, 0.717) is 12.3 Å². The largest absolute Gasteiger partial charge is 0.480 e. The van der Waals surface area contributed by atoms with Crippen LogP contribution in [0.5, 0.6) is 0 Å². The molecular weight excluding hydrogens is 282 g/mol. The Bertz CT molecular complexity index is 465. The predicted molar refractivity (Wildman–Crippen MR) is 90.2 cm³/mol. The second-order valence-corrected chi connectivity index (χ2v) is 7.68. The molecule has 0 aliphatic carbocycles. The number of hydrogen-bond acceptors (Lipinski definition) is 3. The number of nitrogens with one attached hydrogen (secondary N) is 1. The molecular formula is C17H27NO2S.